The third-order valence-corrected chi connectivity index (χ3v) is 3.41. The standard InChI is InChI=1S/C13H19NO2/c1-10(2)13(16)8-14(9-13)7-11-3-5-12(15)6-4-11/h3-6,10,15-16H,7-9H2,1-2H3. The largest absolute Gasteiger partial charge is 0.508 e. The summed E-state index contributed by atoms with van der Waals surface area (Å²) in [6.45, 7) is 6.43. The second kappa shape index (κ2) is 4.07. The minimum atomic E-state index is -0.503. The van der Waals surface area contributed by atoms with E-state index in [9.17, 15) is 5.11 Å². The molecule has 0 spiro atoms. The molecular formula is C13H19NO2. The Morgan fingerprint density at radius 1 is 1.25 bits per heavy atom. The number of rotatable bonds is 3. The molecule has 1 aromatic rings. The highest BCUT2D eigenvalue weighted by Gasteiger charge is 2.43. The van der Waals surface area contributed by atoms with Crippen molar-refractivity contribution in [2.24, 2.45) is 5.92 Å². The third kappa shape index (κ3) is 2.20. The van der Waals surface area contributed by atoms with Gasteiger partial charge in [0.2, 0.25) is 0 Å². The molecular weight excluding hydrogens is 202 g/mol. The Morgan fingerprint density at radius 2 is 1.81 bits per heavy atom. The monoisotopic (exact) mass is 221 g/mol. The molecule has 3 nitrogen and oxygen atoms in total. The highest BCUT2D eigenvalue weighted by atomic mass is 16.3. The highest BCUT2D eigenvalue weighted by molar-refractivity contribution is 5.26. The van der Waals surface area contributed by atoms with Crippen LogP contribution in [0.1, 0.15) is 19.4 Å². The second-order valence-corrected chi connectivity index (χ2v) is 5.07. The predicted octanol–water partition coefficient (Wildman–Crippen LogP) is 1.59. The molecule has 16 heavy (non-hydrogen) atoms. The fraction of sp³-hybridized carbons (Fsp3) is 0.538. The summed E-state index contributed by atoms with van der Waals surface area (Å²) < 4.78 is 0. The fourth-order valence-corrected chi connectivity index (χ4v) is 2.06. The van der Waals surface area contributed by atoms with Crippen molar-refractivity contribution in [1.82, 2.24) is 4.90 Å². The molecule has 1 aliphatic heterocycles. The molecule has 0 unspecified atom stereocenters. The summed E-state index contributed by atoms with van der Waals surface area (Å²) in [5.74, 6) is 0.606. The Morgan fingerprint density at radius 3 is 2.31 bits per heavy atom. The lowest BCUT2D eigenvalue weighted by molar-refractivity contribution is -0.130. The summed E-state index contributed by atoms with van der Waals surface area (Å²) in [4.78, 5) is 2.21. The van der Waals surface area contributed by atoms with Gasteiger partial charge in [-0.15, -0.1) is 0 Å². The number of benzene rings is 1. The van der Waals surface area contributed by atoms with Crippen molar-refractivity contribution >= 4 is 0 Å². The van der Waals surface area contributed by atoms with Crippen molar-refractivity contribution in [1.29, 1.82) is 0 Å². The lowest BCUT2D eigenvalue weighted by atomic mass is 9.83. The zero-order valence-corrected chi connectivity index (χ0v) is 9.85. The van der Waals surface area contributed by atoms with E-state index in [1.54, 1.807) is 12.1 Å². The van der Waals surface area contributed by atoms with E-state index in [0.29, 0.717) is 11.7 Å². The van der Waals surface area contributed by atoms with Crippen molar-refractivity contribution in [2.75, 3.05) is 13.1 Å². The van der Waals surface area contributed by atoms with Gasteiger partial charge in [-0.1, -0.05) is 26.0 Å². The van der Waals surface area contributed by atoms with Crippen molar-refractivity contribution in [3.63, 3.8) is 0 Å². The number of hydrogen-bond donors (Lipinski definition) is 2. The molecule has 2 N–H and O–H groups in total. The average molecular weight is 221 g/mol. The molecule has 1 fully saturated rings. The van der Waals surface area contributed by atoms with Gasteiger partial charge in [0.05, 0.1) is 5.60 Å². The van der Waals surface area contributed by atoms with Crippen LogP contribution in [-0.4, -0.2) is 33.8 Å². The molecule has 0 amide bonds. The molecule has 0 aliphatic carbocycles. The molecule has 1 aliphatic rings. The quantitative estimate of drug-likeness (QED) is 0.814. The summed E-state index contributed by atoms with van der Waals surface area (Å²) in [5.41, 5.74) is 0.667. The van der Waals surface area contributed by atoms with Gasteiger partial charge in [-0.05, 0) is 23.6 Å². The highest BCUT2D eigenvalue weighted by Crippen LogP contribution is 2.29. The van der Waals surface area contributed by atoms with E-state index in [1.165, 1.54) is 5.56 Å². The van der Waals surface area contributed by atoms with Crippen molar-refractivity contribution in [3.8, 4) is 5.75 Å². The Hall–Kier alpha value is -1.06. The summed E-state index contributed by atoms with van der Waals surface area (Å²) in [6, 6.07) is 7.23. The van der Waals surface area contributed by atoms with Gasteiger partial charge < -0.3 is 10.2 Å². The van der Waals surface area contributed by atoms with Gasteiger partial charge in [-0.3, -0.25) is 4.90 Å². The molecule has 1 heterocycles. The Kier molecular flexibility index (Phi) is 2.91. The van der Waals surface area contributed by atoms with E-state index in [2.05, 4.69) is 18.7 Å². The van der Waals surface area contributed by atoms with Crippen molar-refractivity contribution < 1.29 is 10.2 Å². The van der Waals surface area contributed by atoms with Gasteiger partial charge in [0, 0.05) is 19.6 Å². The van der Waals surface area contributed by atoms with Crippen LogP contribution in [0.15, 0.2) is 24.3 Å². The third-order valence-electron chi connectivity index (χ3n) is 3.41. The number of phenols is 1. The second-order valence-electron chi connectivity index (χ2n) is 5.07. The first kappa shape index (κ1) is 11.4. The minimum absolute atomic E-state index is 0.297. The summed E-state index contributed by atoms with van der Waals surface area (Å²) in [6.07, 6.45) is 0. The van der Waals surface area contributed by atoms with Crippen LogP contribution in [0.2, 0.25) is 0 Å². The van der Waals surface area contributed by atoms with Crippen molar-refractivity contribution in [3.05, 3.63) is 29.8 Å². The number of aliphatic hydroxyl groups is 1. The first-order valence-electron chi connectivity index (χ1n) is 5.72. The SMILES string of the molecule is CC(C)C1(O)CN(Cc2ccc(O)cc2)C1. The molecule has 1 saturated heterocycles. The van der Waals surface area contributed by atoms with E-state index in [4.69, 9.17) is 5.11 Å². The molecule has 88 valence electrons. The molecule has 3 heteroatoms. The number of β-amino-alcohol motifs (C(OH)–C–C–N with tert-alkyl or cyclic N) is 1. The van der Waals surface area contributed by atoms with E-state index >= 15 is 0 Å². The van der Waals surface area contributed by atoms with Gasteiger partial charge in [0.25, 0.3) is 0 Å². The molecule has 0 aromatic heterocycles. The number of phenolic OH excluding ortho intramolecular Hbond substituents is 1. The number of nitrogens with zero attached hydrogens (tertiary/aromatic N) is 1. The van der Waals surface area contributed by atoms with E-state index in [-0.39, 0.29) is 0 Å². The predicted molar refractivity (Wildman–Crippen MR) is 63.2 cm³/mol. The van der Waals surface area contributed by atoms with E-state index in [1.807, 2.05) is 12.1 Å². The molecule has 0 radical (unpaired) electrons. The topological polar surface area (TPSA) is 43.7 Å². The Bertz CT molecular complexity index is 353. The average Bonchev–Trinajstić information content (AvgIpc) is 2.18. The van der Waals surface area contributed by atoms with Crippen LogP contribution in [0.5, 0.6) is 5.75 Å². The number of hydrogen-bond acceptors (Lipinski definition) is 3. The first-order chi connectivity index (χ1) is 7.49. The molecule has 0 bridgehead atoms. The summed E-state index contributed by atoms with van der Waals surface area (Å²) in [7, 11) is 0. The van der Waals surface area contributed by atoms with Gasteiger partial charge >= 0.3 is 0 Å². The lowest BCUT2D eigenvalue weighted by Gasteiger charge is -2.49. The zero-order valence-electron chi connectivity index (χ0n) is 9.85. The van der Waals surface area contributed by atoms with Crippen LogP contribution in [0.3, 0.4) is 0 Å². The van der Waals surface area contributed by atoms with Crippen LogP contribution < -0.4 is 0 Å². The maximum Gasteiger partial charge on any atom is 0.115 e. The fourth-order valence-electron chi connectivity index (χ4n) is 2.06. The number of likely N-dealkylation sites (tertiary alicyclic amines) is 1. The van der Waals surface area contributed by atoms with Crippen LogP contribution in [-0.2, 0) is 6.54 Å². The van der Waals surface area contributed by atoms with Crippen LogP contribution in [0, 0.1) is 5.92 Å². The van der Waals surface area contributed by atoms with Gasteiger partial charge in [-0.2, -0.15) is 0 Å². The molecule has 2 rings (SSSR count). The van der Waals surface area contributed by atoms with Crippen molar-refractivity contribution in [2.45, 2.75) is 26.0 Å². The number of aromatic hydroxyl groups is 1. The zero-order chi connectivity index (χ0) is 11.8. The smallest absolute Gasteiger partial charge is 0.115 e. The van der Waals surface area contributed by atoms with Gasteiger partial charge in [-0.25, -0.2) is 0 Å². The van der Waals surface area contributed by atoms with E-state index < -0.39 is 5.60 Å². The van der Waals surface area contributed by atoms with Gasteiger partial charge in [0.1, 0.15) is 5.75 Å². The van der Waals surface area contributed by atoms with Crippen LogP contribution >= 0.6 is 0 Å². The Labute approximate surface area is 96.3 Å². The minimum Gasteiger partial charge on any atom is -0.508 e. The normalized spacial score (nSPS) is 19.8. The van der Waals surface area contributed by atoms with Gasteiger partial charge in [0.15, 0.2) is 0 Å². The summed E-state index contributed by atoms with van der Waals surface area (Å²) >= 11 is 0. The first-order valence-corrected chi connectivity index (χ1v) is 5.72. The molecule has 1 aromatic carbocycles. The Balaban J connectivity index is 1.88. The maximum absolute atomic E-state index is 10.1. The maximum atomic E-state index is 10.1. The molecule has 0 saturated carbocycles. The van der Waals surface area contributed by atoms with E-state index in [0.717, 1.165) is 19.6 Å². The van der Waals surface area contributed by atoms with Crippen LogP contribution in [0.4, 0.5) is 0 Å². The summed E-state index contributed by atoms with van der Waals surface area (Å²) in [5, 5.41) is 19.3. The molecule has 0 atom stereocenters. The lowest BCUT2D eigenvalue weighted by Crippen LogP contribution is -2.63. The van der Waals surface area contributed by atoms with Crippen LogP contribution in [0.25, 0.3) is 0 Å².